The molecule has 3 saturated heterocycles. The van der Waals surface area contributed by atoms with E-state index in [1.54, 1.807) is 60.3 Å². The number of hydrogen-bond acceptors (Lipinski definition) is 6. The van der Waals surface area contributed by atoms with Crippen molar-refractivity contribution < 1.29 is 24.2 Å². The molecule has 3 amide bonds. The van der Waals surface area contributed by atoms with Gasteiger partial charge in [-0.2, -0.15) is 0 Å². The molecule has 3 aliphatic heterocycles. The summed E-state index contributed by atoms with van der Waals surface area (Å²) in [6.45, 7) is 4.09. The number of nitrogens with zero attached hydrogens (tertiary/aromatic N) is 1. The van der Waals surface area contributed by atoms with E-state index in [0.29, 0.717) is 47.2 Å². The minimum absolute atomic E-state index is 0.258. The number of fused-ring (bicyclic) bond motifs is 1. The van der Waals surface area contributed by atoms with Gasteiger partial charge < -0.3 is 25.4 Å². The number of rotatable bonds is 9. The summed E-state index contributed by atoms with van der Waals surface area (Å²) in [5.74, 6) is -1.68. The van der Waals surface area contributed by atoms with E-state index in [1.165, 1.54) is 4.90 Å². The third kappa shape index (κ3) is 4.97. The molecule has 10 heteroatoms. The number of nitrogens with one attached hydrogen (secondary N) is 2. The Hall–Kier alpha value is -3.53. The van der Waals surface area contributed by atoms with Crippen LogP contribution in [0.3, 0.4) is 0 Å². The van der Waals surface area contributed by atoms with Crippen LogP contribution in [-0.4, -0.2) is 56.5 Å². The van der Waals surface area contributed by atoms with Crippen molar-refractivity contribution in [3.8, 4) is 5.75 Å². The third-order valence-electron chi connectivity index (χ3n) is 9.00. The molecule has 3 aliphatic rings. The first-order valence-corrected chi connectivity index (χ1v) is 15.7. The summed E-state index contributed by atoms with van der Waals surface area (Å²) >= 11 is 7.97. The zero-order chi connectivity index (χ0) is 30.4. The van der Waals surface area contributed by atoms with Gasteiger partial charge in [0, 0.05) is 10.4 Å². The van der Waals surface area contributed by atoms with Crippen molar-refractivity contribution in [2.45, 2.75) is 48.3 Å². The Bertz CT molecular complexity index is 1540. The van der Waals surface area contributed by atoms with Crippen molar-refractivity contribution in [1.82, 2.24) is 4.90 Å². The van der Waals surface area contributed by atoms with Crippen LogP contribution in [0.5, 0.6) is 5.75 Å². The van der Waals surface area contributed by atoms with Gasteiger partial charge in [-0.15, -0.1) is 11.8 Å². The Morgan fingerprint density at radius 2 is 1.72 bits per heavy atom. The van der Waals surface area contributed by atoms with Gasteiger partial charge in [0.05, 0.1) is 46.5 Å². The van der Waals surface area contributed by atoms with Crippen molar-refractivity contribution in [1.29, 1.82) is 0 Å². The number of halogens is 1. The molecule has 8 nitrogen and oxygen atoms in total. The maximum atomic E-state index is 14.6. The lowest BCUT2D eigenvalue weighted by atomic mass is 9.66. The molecule has 3 heterocycles. The predicted molar refractivity (Wildman–Crippen MR) is 168 cm³/mol. The number of amides is 3. The molecule has 3 aromatic rings. The molecule has 2 bridgehead atoms. The van der Waals surface area contributed by atoms with Gasteiger partial charge >= 0.3 is 0 Å². The van der Waals surface area contributed by atoms with Crippen molar-refractivity contribution in [2.24, 2.45) is 11.8 Å². The fourth-order valence-electron chi connectivity index (χ4n) is 7.21. The van der Waals surface area contributed by atoms with Crippen molar-refractivity contribution in [2.75, 3.05) is 23.8 Å². The van der Waals surface area contributed by atoms with Crippen LogP contribution in [0.4, 0.5) is 11.4 Å². The highest BCUT2D eigenvalue weighted by atomic mass is 35.5. The number of benzene rings is 3. The lowest BCUT2D eigenvalue weighted by molar-refractivity contribution is -0.141. The van der Waals surface area contributed by atoms with E-state index >= 15 is 0 Å². The van der Waals surface area contributed by atoms with E-state index in [2.05, 4.69) is 10.6 Å². The topological polar surface area (TPSA) is 108 Å². The van der Waals surface area contributed by atoms with Gasteiger partial charge in [-0.3, -0.25) is 14.4 Å². The molecule has 3 aromatic carbocycles. The average molecular weight is 620 g/mol. The van der Waals surface area contributed by atoms with Gasteiger partial charge in [0.1, 0.15) is 11.8 Å². The Morgan fingerprint density at radius 1 is 1.02 bits per heavy atom. The first-order valence-electron chi connectivity index (χ1n) is 14.5. The molecule has 3 fully saturated rings. The van der Waals surface area contributed by atoms with Crippen LogP contribution >= 0.6 is 23.4 Å². The van der Waals surface area contributed by atoms with Crippen LogP contribution in [0.2, 0.25) is 5.02 Å². The molecule has 0 radical (unpaired) electrons. The van der Waals surface area contributed by atoms with Crippen LogP contribution in [0.1, 0.15) is 38.3 Å². The Morgan fingerprint density at radius 3 is 2.40 bits per heavy atom. The Labute approximate surface area is 260 Å². The molecule has 0 saturated carbocycles. The monoisotopic (exact) mass is 619 g/mol. The standard InChI is InChI=1S/C33H34ClN3O5S/c1-3-42-22-15-13-21(14-16-22)35-29(39)26-27-31(41)37(25(19-38)20-9-5-4-6-10-20)28(33(27)18-17-32(26,2)43-33)30(40)36-24-12-8-7-11-23(24)34/h4-16,25-28,38H,3,17-19H2,1-2H3,(H,35,39)(H,36,40)/t25-,26-,27+,28?,32+,33?/m1/s1. The highest BCUT2D eigenvalue weighted by Gasteiger charge is 2.77. The maximum Gasteiger partial charge on any atom is 0.248 e. The number of likely N-dealkylation sites (tertiary alicyclic amines) is 1. The van der Waals surface area contributed by atoms with E-state index in [9.17, 15) is 19.5 Å². The van der Waals surface area contributed by atoms with Crippen molar-refractivity contribution in [3.63, 3.8) is 0 Å². The second-order valence-electron chi connectivity index (χ2n) is 11.5. The van der Waals surface area contributed by atoms with Crippen molar-refractivity contribution >= 4 is 52.5 Å². The van der Waals surface area contributed by atoms with Crippen LogP contribution in [0.15, 0.2) is 78.9 Å². The normalized spacial score (nSPS) is 28.0. The van der Waals surface area contributed by atoms with Gasteiger partial charge in [-0.1, -0.05) is 54.1 Å². The number of hydrogen-bond donors (Lipinski definition) is 3. The van der Waals surface area contributed by atoms with Crippen LogP contribution in [0, 0.1) is 11.8 Å². The van der Waals surface area contributed by atoms with Crippen molar-refractivity contribution in [3.05, 3.63) is 89.4 Å². The largest absolute Gasteiger partial charge is 0.494 e. The number of aliphatic hydroxyl groups excluding tert-OH is 1. The molecule has 43 heavy (non-hydrogen) atoms. The van der Waals surface area contributed by atoms with E-state index < -0.39 is 33.4 Å². The summed E-state index contributed by atoms with van der Waals surface area (Å²) in [5.41, 5.74) is 1.76. The molecule has 6 rings (SSSR count). The fraction of sp³-hybridized carbons (Fsp3) is 0.364. The van der Waals surface area contributed by atoms with Gasteiger partial charge in [-0.05, 0) is 68.7 Å². The van der Waals surface area contributed by atoms with Crippen LogP contribution < -0.4 is 15.4 Å². The lowest BCUT2D eigenvalue weighted by Gasteiger charge is -2.37. The van der Waals surface area contributed by atoms with Crippen LogP contribution in [0.25, 0.3) is 0 Å². The molecule has 224 valence electrons. The minimum Gasteiger partial charge on any atom is -0.494 e. The summed E-state index contributed by atoms with van der Waals surface area (Å²) in [6, 6.07) is 21.6. The number of ether oxygens (including phenoxy) is 1. The predicted octanol–water partition coefficient (Wildman–Crippen LogP) is 5.53. The second kappa shape index (κ2) is 11.5. The number of carbonyl (C=O) groups is 3. The minimum atomic E-state index is -0.936. The average Bonchev–Trinajstić information content (AvgIpc) is 3.57. The number of para-hydroxylation sites is 1. The molecule has 2 unspecified atom stereocenters. The van der Waals surface area contributed by atoms with Gasteiger partial charge in [-0.25, -0.2) is 0 Å². The number of aliphatic hydroxyl groups is 1. The third-order valence-corrected chi connectivity index (χ3v) is 11.3. The van der Waals surface area contributed by atoms with Gasteiger partial charge in [0.15, 0.2) is 0 Å². The van der Waals surface area contributed by atoms with E-state index in [0.717, 1.165) is 0 Å². The molecular formula is C33H34ClN3O5S. The quantitative estimate of drug-likeness (QED) is 0.291. The zero-order valence-electron chi connectivity index (χ0n) is 24.0. The van der Waals surface area contributed by atoms with E-state index in [4.69, 9.17) is 16.3 Å². The lowest BCUT2D eigenvalue weighted by Crippen LogP contribution is -2.52. The molecule has 3 N–H and O–H groups in total. The summed E-state index contributed by atoms with van der Waals surface area (Å²) in [6.07, 6.45) is 1.25. The van der Waals surface area contributed by atoms with Gasteiger partial charge in [0.2, 0.25) is 17.7 Å². The summed E-state index contributed by atoms with van der Waals surface area (Å²) in [7, 11) is 0. The second-order valence-corrected chi connectivity index (χ2v) is 13.8. The number of thioether (sulfide) groups is 1. The van der Waals surface area contributed by atoms with Crippen LogP contribution in [-0.2, 0) is 14.4 Å². The molecule has 0 aromatic heterocycles. The Kier molecular flexibility index (Phi) is 7.91. The summed E-state index contributed by atoms with van der Waals surface area (Å²) in [4.78, 5) is 44.5. The summed E-state index contributed by atoms with van der Waals surface area (Å²) in [5, 5.41) is 17.0. The maximum absolute atomic E-state index is 14.6. The summed E-state index contributed by atoms with van der Waals surface area (Å²) < 4.78 is 4.11. The smallest absolute Gasteiger partial charge is 0.248 e. The highest BCUT2D eigenvalue weighted by molar-refractivity contribution is 8.02. The van der Waals surface area contributed by atoms with Gasteiger partial charge in [0.25, 0.3) is 0 Å². The molecular weight excluding hydrogens is 586 g/mol. The highest BCUT2D eigenvalue weighted by Crippen LogP contribution is 2.72. The molecule has 6 atom stereocenters. The molecule has 1 spiro atoms. The van der Waals surface area contributed by atoms with E-state index in [-0.39, 0.29) is 24.3 Å². The number of carbonyl (C=O) groups excluding carboxylic acids is 3. The van der Waals surface area contributed by atoms with E-state index in [1.807, 2.05) is 44.2 Å². The Balaban J connectivity index is 1.39. The first kappa shape index (κ1) is 29.5. The number of anilines is 2. The zero-order valence-corrected chi connectivity index (χ0v) is 25.5. The molecule has 0 aliphatic carbocycles. The first-order chi connectivity index (χ1) is 20.7. The SMILES string of the molecule is CCOc1ccc(NC(=O)[C@H]2[C@H]3C(=O)N([C@H](CO)c4ccccc4)C(C(=O)Nc4ccccc4Cl)C34CC[C@]2(C)S4)cc1. The fourth-order valence-corrected chi connectivity index (χ4v) is 9.74.